The molecule has 1 heterocycles. The Bertz CT molecular complexity index is 745. The molecule has 3 nitrogen and oxygen atoms in total. The lowest BCUT2D eigenvalue weighted by molar-refractivity contribution is -0.146. The Morgan fingerprint density at radius 1 is 1.00 bits per heavy atom. The number of rotatable bonds is 5. The van der Waals surface area contributed by atoms with E-state index in [0.717, 1.165) is 38.8 Å². The fraction of sp³-hybridized carbons (Fsp3) is 0.435. The Kier molecular flexibility index (Phi) is 6.23. The normalized spacial score (nSPS) is 23.4. The monoisotopic (exact) mass is 384 g/mol. The van der Waals surface area contributed by atoms with Crippen LogP contribution in [0.2, 0.25) is 0 Å². The van der Waals surface area contributed by atoms with Gasteiger partial charge in [0.2, 0.25) is 5.91 Å². The smallest absolute Gasteiger partial charge is 0.229 e. The summed E-state index contributed by atoms with van der Waals surface area (Å²) in [5.41, 5.74) is 8.46. The van der Waals surface area contributed by atoms with Gasteiger partial charge < -0.3 is 10.6 Å². The van der Waals surface area contributed by atoms with Gasteiger partial charge in [-0.1, -0.05) is 67.1 Å². The maximum absolute atomic E-state index is 13.5. The third kappa shape index (κ3) is 3.90. The number of carbonyl (C=O) groups is 1. The zero-order valence-corrected chi connectivity index (χ0v) is 16.5. The molecule has 0 aromatic heterocycles. The first-order valence-corrected chi connectivity index (χ1v) is 9.80. The first-order chi connectivity index (χ1) is 12.7. The average molecular weight is 385 g/mol. The number of benzene rings is 2. The molecule has 2 aromatic rings. The maximum atomic E-state index is 13.5. The van der Waals surface area contributed by atoms with E-state index in [2.05, 4.69) is 53.4 Å². The molecule has 0 bridgehead atoms. The van der Waals surface area contributed by atoms with Gasteiger partial charge in [0.25, 0.3) is 0 Å². The molecule has 2 atom stereocenters. The summed E-state index contributed by atoms with van der Waals surface area (Å²) in [4.78, 5) is 15.6. The van der Waals surface area contributed by atoms with Crippen molar-refractivity contribution < 1.29 is 4.79 Å². The summed E-state index contributed by atoms with van der Waals surface area (Å²) < 4.78 is 0. The zero-order valence-electron chi connectivity index (χ0n) is 15.7. The standard InChI is InChI=1S/C23H28N2O.ClH/c24-15-20-16-25(17-21(20)19-10-5-2-6-11-19)22(26)23(12-7-13-23)14-18-8-3-1-4-9-18;/h1-6,8-11,20-21H,7,12-17,24H2;1H/t20-,21+;/m1./s1. The fourth-order valence-electron chi connectivity index (χ4n) is 4.75. The number of nitrogens with two attached hydrogens (primary N) is 1. The lowest BCUT2D eigenvalue weighted by Gasteiger charge is -2.43. The van der Waals surface area contributed by atoms with Gasteiger partial charge in [-0.05, 0) is 42.9 Å². The Balaban J connectivity index is 0.00000210. The molecule has 1 saturated heterocycles. The highest BCUT2D eigenvalue weighted by molar-refractivity contribution is 5.85. The number of carbonyl (C=O) groups excluding carboxylic acids is 1. The number of amides is 1. The second-order valence-corrected chi connectivity index (χ2v) is 8.02. The highest BCUT2D eigenvalue weighted by atomic mass is 35.5. The number of hydrogen-bond donors (Lipinski definition) is 1. The molecule has 2 N–H and O–H groups in total. The van der Waals surface area contributed by atoms with Crippen molar-refractivity contribution in [1.82, 2.24) is 4.90 Å². The molecule has 1 saturated carbocycles. The minimum absolute atomic E-state index is 0. The van der Waals surface area contributed by atoms with Gasteiger partial charge >= 0.3 is 0 Å². The van der Waals surface area contributed by atoms with Crippen LogP contribution < -0.4 is 5.73 Å². The second kappa shape index (κ2) is 8.45. The van der Waals surface area contributed by atoms with Gasteiger partial charge in [0, 0.05) is 19.0 Å². The largest absolute Gasteiger partial charge is 0.341 e. The molecule has 1 aliphatic heterocycles. The van der Waals surface area contributed by atoms with E-state index in [0.29, 0.717) is 24.3 Å². The van der Waals surface area contributed by atoms with E-state index >= 15 is 0 Å². The molecule has 0 unspecified atom stereocenters. The molecule has 2 aliphatic rings. The number of halogens is 1. The summed E-state index contributed by atoms with van der Waals surface area (Å²) in [5.74, 6) is 1.07. The van der Waals surface area contributed by atoms with Gasteiger partial charge in [0.05, 0.1) is 5.41 Å². The summed E-state index contributed by atoms with van der Waals surface area (Å²) in [5, 5.41) is 0. The highest BCUT2D eigenvalue weighted by Crippen LogP contribution is 2.47. The molecule has 0 spiro atoms. The van der Waals surface area contributed by atoms with Crippen LogP contribution in [0.3, 0.4) is 0 Å². The molecule has 0 radical (unpaired) electrons. The van der Waals surface area contributed by atoms with Crippen molar-refractivity contribution in [3.8, 4) is 0 Å². The van der Waals surface area contributed by atoms with Crippen molar-refractivity contribution >= 4 is 18.3 Å². The highest BCUT2D eigenvalue weighted by Gasteiger charge is 2.48. The van der Waals surface area contributed by atoms with Gasteiger partial charge in [0.1, 0.15) is 0 Å². The predicted octanol–water partition coefficient (Wildman–Crippen LogP) is 4.02. The summed E-state index contributed by atoms with van der Waals surface area (Å²) >= 11 is 0. The van der Waals surface area contributed by atoms with Gasteiger partial charge in [-0.25, -0.2) is 0 Å². The first-order valence-electron chi connectivity index (χ1n) is 9.80. The molecule has 2 aromatic carbocycles. The van der Waals surface area contributed by atoms with Crippen LogP contribution in [-0.2, 0) is 11.2 Å². The van der Waals surface area contributed by atoms with Crippen LogP contribution in [0.15, 0.2) is 60.7 Å². The Morgan fingerprint density at radius 3 is 2.19 bits per heavy atom. The average Bonchev–Trinajstić information content (AvgIpc) is 3.10. The number of hydrogen-bond acceptors (Lipinski definition) is 2. The Morgan fingerprint density at radius 2 is 1.63 bits per heavy atom. The maximum Gasteiger partial charge on any atom is 0.229 e. The van der Waals surface area contributed by atoms with E-state index in [9.17, 15) is 4.79 Å². The van der Waals surface area contributed by atoms with Crippen molar-refractivity contribution in [3.05, 3.63) is 71.8 Å². The number of likely N-dealkylation sites (tertiary alicyclic amines) is 1. The van der Waals surface area contributed by atoms with E-state index < -0.39 is 0 Å². The van der Waals surface area contributed by atoms with Crippen LogP contribution in [0.1, 0.15) is 36.3 Å². The molecule has 1 aliphatic carbocycles. The van der Waals surface area contributed by atoms with Crippen molar-refractivity contribution in [2.45, 2.75) is 31.6 Å². The molecule has 2 fully saturated rings. The van der Waals surface area contributed by atoms with Gasteiger partial charge in [-0.15, -0.1) is 12.4 Å². The van der Waals surface area contributed by atoms with Gasteiger partial charge in [0.15, 0.2) is 0 Å². The van der Waals surface area contributed by atoms with Crippen molar-refractivity contribution in [2.75, 3.05) is 19.6 Å². The molecule has 1 amide bonds. The van der Waals surface area contributed by atoms with E-state index in [1.165, 1.54) is 11.1 Å². The van der Waals surface area contributed by atoms with Crippen LogP contribution in [0.5, 0.6) is 0 Å². The summed E-state index contributed by atoms with van der Waals surface area (Å²) in [6.45, 7) is 2.24. The minimum atomic E-state index is -0.188. The first kappa shape index (κ1) is 19.9. The zero-order chi connectivity index (χ0) is 18.0. The van der Waals surface area contributed by atoms with Crippen LogP contribution >= 0.6 is 12.4 Å². The molecular weight excluding hydrogens is 356 g/mol. The second-order valence-electron chi connectivity index (χ2n) is 8.02. The van der Waals surface area contributed by atoms with Crippen LogP contribution in [0.25, 0.3) is 0 Å². The van der Waals surface area contributed by atoms with Crippen molar-refractivity contribution in [1.29, 1.82) is 0 Å². The van der Waals surface area contributed by atoms with E-state index in [4.69, 9.17) is 5.73 Å². The van der Waals surface area contributed by atoms with Gasteiger partial charge in [-0.2, -0.15) is 0 Å². The molecule has 4 rings (SSSR count). The summed E-state index contributed by atoms with van der Waals surface area (Å²) in [6, 6.07) is 21.0. The van der Waals surface area contributed by atoms with E-state index in [-0.39, 0.29) is 17.8 Å². The quantitative estimate of drug-likeness (QED) is 0.846. The molecule has 27 heavy (non-hydrogen) atoms. The molecule has 144 valence electrons. The Hall–Kier alpha value is -1.84. The van der Waals surface area contributed by atoms with E-state index in [1.54, 1.807) is 0 Å². The SMILES string of the molecule is Cl.NC[C@@H]1CN(C(=O)C2(Cc3ccccc3)CCC2)C[C@H]1c1ccccc1. The lowest BCUT2D eigenvalue weighted by atomic mass is 9.64. The fourth-order valence-corrected chi connectivity index (χ4v) is 4.75. The van der Waals surface area contributed by atoms with Crippen molar-refractivity contribution in [2.24, 2.45) is 17.1 Å². The molecule has 4 heteroatoms. The van der Waals surface area contributed by atoms with Crippen LogP contribution in [-0.4, -0.2) is 30.4 Å². The Labute approximate surface area is 168 Å². The summed E-state index contributed by atoms with van der Waals surface area (Å²) in [6.07, 6.45) is 4.06. The lowest BCUT2D eigenvalue weighted by Crippen LogP contribution is -2.48. The van der Waals surface area contributed by atoms with Crippen LogP contribution in [0.4, 0.5) is 0 Å². The topological polar surface area (TPSA) is 46.3 Å². The molecular formula is C23H29ClN2O. The third-order valence-electron chi connectivity index (χ3n) is 6.41. The summed E-state index contributed by atoms with van der Waals surface area (Å²) in [7, 11) is 0. The van der Waals surface area contributed by atoms with Crippen molar-refractivity contribution in [3.63, 3.8) is 0 Å². The third-order valence-corrected chi connectivity index (χ3v) is 6.41. The number of nitrogens with zero attached hydrogens (tertiary/aromatic N) is 1. The van der Waals surface area contributed by atoms with Crippen LogP contribution in [0, 0.1) is 11.3 Å². The predicted molar refractivity (Wildman–Crippen MR) is 112 cm³/mol. The van der Waals surface area contributed by atoms with Gasteiger partial charge in [-0.3, -0.25) is 4.79 Å². The van der Waals surface area contributed by atoms with E-state index in [1.807, 2.05) is 12.1 Å². The minimum Gasteiger partial charge on any atom is -0.341 e.